The summed E-state index contributed by atoms with van der Waals surface area (Å²) in [6, 6.07) is 0. The van der Waals surface area contributed by atoms with Gasteiger partial charge in [0.15, 0.2) is 0 Å². The summed E-state index contributed by atoms with van der Waals surface area (Å²) in [5.41, 5.74) is 0. The number of amides is 1. The van der Waals surface area contributed by atoms with Gasteiger partial charge in [-0.15, -0.1) is 0 Å². The number of unbranched alkanes of at least 4 members (excludes halogenated alkanes) is 2. The number of hydrogen-bond acceptors (Lipinski definition) is 3. The molecular weight excluding hydrogens is 210 g/mol. The van der Waals surface area contributed by atoms with Crippen molar-refractivity contribution in [3.8, 4) is 0 Å². The topological polar surface area (TPSA) is 83.5 Å². The molecule has 0 heterocycles. The average molecular weight is 229 g/mol. The Balaban J connectivity index is 3.51. The van der Waals surface area contributed by atoms with Gasteiger partial charge in [0.05, 0.1) is 0 Å². The molecule has 0 saturated carbocycles. The third-order valence-electron chi connectivity index (χ3n) is 2.13. The van der Waals surface area contributed by atoms with Gasteiger partial charge in [-0.1, -0.05) is 19.8 Å². The molecule has 0 aromatic rings. The SMILES string of the molecule is CCCCCC(=O)CCC(=O)NCC(=O)O. The fourth-order valence-corrected chi connectivity index (χ4v) is 1.21. The first kappa shape index (κ1) is 14.6. The standard InChI is InChI=1S/C11H19NO4/c1-2-3-4-5-9(13)6-7-10(14)12-8-11(15)16/h2-8H2,1H3,(H,12,14)(H,15,16). The molecule has 0 radical (unpaired) electrons. The molecule has 0 fully saturated rings. The average Bonchev–Trinajstić information content (AvgIpc) is 2.24. The fraction of sp³-hybridized carbons (Fsp3) is 0.727. The van der Waals surface area contributed by atoms with Crippen LogP contribution < -0.4 is 5.32 Å². The second kappa shape index (κ2) is 8.88. The maximum atomic E-state index is 11.3. The molecule has 5 heteroatoms. The predicted octanol–water partition coefficient (Wildman–Crippen LogP) is 1.12. The van der Waals surface area contributed by atoms with E-state index in [2.05, 4.69) is 12.2 Å². The second-order valence-corrected chi connectivity index (χ2v) is 3.67. The van der Waals surface area contributed by atoms with Crippen molar-refractivity contribution in [2.75, 3.05) is 6.54 Å². The van der Waals surface area contributed by atoms with Gasteiger partial charge in [0.25, 0.3) is 0 Å². The molecule has 0 saturated heterocycles. The number of aliphatic carboxylic acids is 1. The van der Waals surface area contributed by atoms with Crippen molar-refractivity contribution in [2.24, 2.45) is 0 Å². The lowest BCUT2D eigenvalue weighted by Gasteiger charge is -2.02. The third-order valence-corrected chi connectivity index (χ3v) is 2.13. The van der Waals surface area contributed by atoms with Gasteiger partial charge in [0.2, 0.25) is 5.91 Å². The molecule has 0 spiro atoms. The molecule has 0 aliphatic heterocycles. The summed E-state index contributed by atoms with van der Waals surface area (Å²) < 4.78 is 0. The van der Waals surface area contributed by atoms with Gasteiger partial charge in [-0.2, -0.15) is 0 Å². The quantitative estimate of drug-likeness (QED) is 0.580. The molecule has 2 N–H and O–H groups in total. The summed E-state index contributed by atoms with van der Waals surface area (Å²) in [4.78, 5) is 32.5. The zero-order chi connectivity index (χ0) is 12.4. The lowest BCUT2D eigenvalue weighted by Crippen LogP contribution is -2.29. The molecular formula is C11H19NO4. The van der Waals surface area contributed by atoms with Crippen molar-refractivity contribution < 1.29 is 19.5 Å². The molecule has 0 aliphatic rings. The highest BCUT2D eigenvalue weighted by molar-refractivity contribution is 5.86. The number of rotatable bonds is 9. The Morgan fingerprint density at radius 2 is 1.75 bits per heavy atom. The van der Waals surface area contributed by atoms with E-state index in [1.807, 2.05) is 0 Å². The van der Waals surface area contributed by atoms with Crippen LogP contribution in [0.5, 0.6) is 0 Å². The van der Waals surface area contributed by atoms with E-state index in [4.69, 9.17) is 5.11 Å². The van der Waals surface area contributed by atoms with Crippen LogP contribution in [0, 0.1) is 0 Å². The monoisotopic (exact) mass is 229 g/mol. The summed E-state index contributed by atoms with van der Waals surface area (Å²) >= 11 is 0. The summed E-state index contributed by atoms with van der Waals surface area (Å²) in [6.07, 6.45) is 3.75. The predicted molar refractivity (Wildman–Crippen MR) is 59.0 cm³/mol. The van der Waals surface area contributed by atoms with Gasteiger partial charge in [-0.05, 0) is 6.42 Å². The van der Waals surface area contributed by atoms with Crippen LogP contribution in [0.15, 0.2) is 0 Å². The minimum atomic E-state index is -1.08. The molecule has 92 valence electrons. The number of hydrogen-bond donors (Lipinski definition) is 2. The summed E-state index contributed by atoms with van der Waals surface area (Å²) in [7, 11) is 0. The highest BCUT2D eigenvalue weighted by atomic mass is 16.4. The molecule has 0 atom stereocenters. The fourth-order valence-electron chi connectivity index (χ4n) is 1.21. The Bertz CT molecular complexity index is 250. The van der Waals surface area contributed by atoms with E-state index in [0.29, 0.717) is 6.42 Å². The van der Waals surface area contributed by atoms with Crippen LogP contribution in [0.1, 0.15) is 45.4 Å². The Hall–Kier alpha value is -1.39. The van der Waals surface area contributed by atoms with Crippen molar-refractivity contribution in [1.82, 2.24) is 5.32 Å². The molecule has 0 aromatic heterocycles. The summed E-state index contributed by atoms with van der Waals surface area (Å²) in [5.74, 6) is -1.40. The van der Waals surface area contributed by atoms with Crippen molar-refractivity contribution in [3.05, 3.63) is 0 Å². The van der Waals surface area contributed by atoms with Gasteiger partial charge < -0.3 is 10.4 Å². The van der Waals surface area contributed by atoms with E-state index in [0.717, 1.165) is 19.3 Å². The molecule has 0 unspecified atom stereocenters. The zero-order valence-electron chi connectivity index (χ0n) is 9.62. The van der Waals surface area contributed by atoms with Crippen LogP contribution in [-0.4, -0.2) is 29.3 Å². The molecule has 0 aliphatic carbocycles. The first-order chi connectivity index (χ1) is 7.56. The Morgan fingerprint density at radius 1 is 1.06 bits per heavy atom. The molecule has 0 rings (SSSR count). The number of ketones is 1. The summed E-state index contributed by atoms with van der Waals surface area (Å²) in [6.45, 7) is 1.67. The smallest absolute Gasteiger partial charge is 0.322 e. The van der Waals surface area contributed by atoms with E-state index in [-0.39, 0.29) is 31.1 Å². The van der Waals surface area contributed by atoms with Crippen LogP contribution in [-0.2, 0) is 14.4 Å². The van der Waals surface area contributed by atoms with Gasteiger partial charge in [-0.3, -0.25) is 14.4 Å². The minimum absolute atomic E-state index is 0.0684. The molecule has 1 amide bonds. The number of nitrogens with one attached hydrogen (secondary N) is 1. The summed E-state index contributed by atoms with van der Waals surface area (Å²) in [5, 5.41) is 10.5. The van der Waals surface area contributed by atoms with E-state index < -0.39 is 5.97 Å². The number of carboxylic acids is 1. The Labute approximate surface area is 95.2 Å². The highest BCUT2D eigenvalue weighted by Gasteiger charge is 2.07. The largest absolute Gasteiger partial charge is 0.480 e. The van der Waals surface area contributed by atoms with E-state index in [9.17, 15) is 14.4 Å². The van der Waals surface area contributed by atoms with Gasteiger partial charge in [0, 0.05) is 19.3 Å². The van der Waals surface area contributed by atoms with Crippen LogP contribution in [0.3, 0.4) is 0 Å². The minimum Gasteiger partial charge on any atom is -0.480 e. The number of carbonyl (C=O) groups excluding carboxylic acids is 2. The maximum absolute atomic E-state index is 11.3. The van der Waals surface area contributed by atoms with Gasteiger partial charge in [0.1, 0.15) is 12.3 Å². The normalized spacial score (nSPS) is 9.81. The first-order valence-electron chi connectivity index (χ1n) is 5.56. The number of carbonyl (C=O) groups is 3. The maximum Gasteiger partial charge on any atom is 0.322 e. The lowest BCUT2D eigenvalue weighted by atomic mass is 10.1. The van der Waals surface area contributed by atoms with Crippen LogP contribution in [0.25, 0.3) is 0 Å². The van der Waals surface area contributed by atoms with E-state index in [1.54, 1.807) is 0 Å². The van der Waals surface area contributed by atoms with E-state index >= 15 is 0 Å². The van der Waals surface area contributed by atoms with Crippen molar-refractivity contribution in [2.45, 2.75) is 45.4 Å². The number of Topliss-reactive ketones (excluding diaryl/α,β-unsaturated/α-hetero) is 1. The zero-order valence-corrected chi connectivity index (χ0v) is 9.62. The van der Waals surface area contributed by atoms with Crippen molar-refractivity contribution in [1.29, 1.82) is 0 Å². The van der Waals surface area contributed by atoms with Crippen LogP contribution >= 0.6 is 0 Å². The lowest BCUT2D eigenvalue weighted by molar-refractivity contribution is -0.138. The molecule has 16 heavy (non-hydrogen) atoms. The van der Waals surface area contributed by atoms with E-state index in [1.165, 1.54) is 0 Å². The number of carboxylic acid groups (broad SMARTS) is 1. The molecule has 0 bridgehead atoms. The third kappa shape index (κ3) is 9.18. The second-order valence-electron chi connectivity index (χ2n) is 3.67. The Morgan fingerprint density at radius 3 is 2.31 bits per heavy atom. The van der Waals surface area contributed by atoms with Gasteiger partial charge in [-0.25, -0.2) is 0 Å². The van der Waals surface area contributed by atoms with Crippen LogP contribution in [0.4, 0.5) is 0 Å². The molecule has 0 aromatic carbocycles. The van der Waals surface area contributed by atoms with Crippen LogP contribution in [0.2, 0.25) is 0 Å². The van der Waals surface area contributed by atoms with Crippen molar-refractivity contribution >= 4 is 17.7 Å². The van der Waals surface area contributed by atoms with Gasteiger partial charge >= 0.3 is 5.97 Å². The molecule has 5 nitrogen and oxygen atoms in total. The highest BCUT2D eigenvalue weighted by Crippen LogP contribution is 2.03. The first-order valence-corrected chi connectivity index (χ1v) is 5.56. The Kier molecular flexibility index (Phi) is 8.11. The van der Waals surface area contributed by atoms with Crippen molar-refractivity contribution in [3.63, 3.8) is 0 Å².